The van der Waals surface area contributed by atoms with Crippen LogP contribution in [-0.4, -0.2) is 42.7 Å². The summed E-state index contributed by atoms with van der Waals surface area (Å²) in [6.07, 6.45) is 5.44. The summed E-state index contributed by atoms with van der Waals surface area (Å²) in [5.41, 5.74) is 2.78. The van der Waals surface area contributed by atoms with Crippen molar-refractivity contribution in [1.29, 1.82) is 0 Å². The molecule has 2 aromatic rings. The molecule has 0 heterocycles. The van der Waals surface area contributed by atoms with Crippen LogP contribution in [0.5, 0.6) is 0 Å². The molecule has 1 fully saturated rings. The van der Waals surface area contributed by atoms with Crippen molar-refractivity contribution in [2.24, 2.45) is 0 Å². The largest absolute Gasteiger partial charge is 0.378 e. The SMILES string of the molecule is CN(C)c1ccc([C@@H](C(=O)NC2CCCCC2)N(Cc2ccccc2)C(=O)CCl)cc1. The molecule has 2 amide bonds. The molecule has 1 atom stereocenters. The van der Waals surface area contributed by atoms with Crippen LogP contribution in [0.2, 0.25) is 0 Å². The molecule has 0 spiro atoms. The molecule has 1 saturated carbocycles. The van der Waals surface area contributed by atoms with E-state index >= 15 is 0 Å². The minimum atomic E-state index is -0.732. The van der Waals surface area contributed by atoms with Crippen molar-refractivity contribution in [2.45, 2.75) is 50.7 Å². The minimum Gasteiger partial charge on any atom is -0.378 e. The Bertz CT molecular complexity index is 849. The van der Waals surface area contributed by atoms with E-state index in [2.05, 4.69) is 5.32 Å². The van der Waals surface area contributed by atoms with Gasteiger partial charge in [-0.05, 0) is 36.1 Å². The van der Waals surface area contributed by atoms with Crippen LogP contribution in [0.25, 0.3) is 0 Å². The molecule has 166 valence electrons. The van der Waals surface area contributed by atoms with E-state index in [1.54, 1.807) is 4.90 Å². The van der Waals surface area contributed by atoms with Gasteiger partial charge in [-0.2, -0.15) is 0 Å². The monoisotopic (exact) mass is 441 g/mol. The molecule has 0 aromatic heterocycles. The average molecular weight is 442 g/mol. The number of alkyl halides is 1. The predicted octanol–water partition coefficient (Wildman–Crippen LogP) is 4.51. The van der Waals surface area contributed by atoms with E-state index in [0.29, 0.717) is 6.54 Å². The summed E-state index contributed by atoms with van der Waals surface area (Å²) in [5.74, 6) is -0.569. The van der Waals surface area contributed by atoms with Gasteiger partial charge < -0.3 is 15.1 Å². The molecule has 6 heteroatoms. The van der Waals surface area contributed by atoms with Gasteiger partial charge in [0.15, 0.2) is 0 Å². The van der Waals surface area contributed by atoms with Crippen LogP contribution >= 0.6 is 11.6 Å². The van der Waals surface area contributed by atoms with Crippen LogP contribution in [0.1, 0.15) is 49.3 Å². The number of carbonyl (C=O) groups excluding carboxylic acids is 2. The van der Waals surface area contributed by atoms with Gasteiger partial charge in [-0.15, -0.1) is 11.6 Å². The van der Waals surface area contributed by atoms with Gasteiger partial charge in [0.05, 0.1) is 0 Å². The fraction of sp³-hybridized carbons (Fsp3) is 0.440. The zero-order chi connectivity index (χ0) is 22.2. The van der Waals surface area contributed by atoms with E-state index in [9.17, 15) is 9.59 Å². The molecule has 1 aliphatic carbocycles. The molecule has 3 rings (SSSR count). The molecule has 31 heavy (non-hydrogen) atoms. The second-order valence-electron chi connectivity index (χ2n) is 8.37. The summed E-state index contributed by atoms with van der Waals surface area (Å²) in [7, 11) is 3.95. The molecule has 0 aliphatic heterocycles. The number of benzene rings is 2. The third-order valence-electron chi connectivity index (χ3n) is 5.87. The number of hydrogen-bond donors (Lipinski definition) is 1. The Morgan fingerprint density at radius 1 is 1.00 bits per heavy atom. The number of hydrogen-bond acceptors (Lipinski definition) is 3. The standard InChI is InChI=1S/C25H32ClN3O2/c1-28(2)22-15-13-20(14-16-22)24(25(31)27-21-11-7-4-8-12-21)29(23(30)17-26)18-19-9-5-3-6-10-19/h3,5-6,9-10,13-16,21,24H,4,7-8,11-12,17-18H2,1-2H3,(H,27,31)/t24-/m0/s1. The smallest absolute Gasteiger partial charge is 0.247 e. The Kier molecular flexibility index (Phi) is 8.35. The van der Waals surface area contributed by atoms with Crippen molar-refractivity contribution < 1.29 is 9.59 Å². The number of amides is 2. The van der Waals surface area contributed by atoms with Gasteiger partial charge in [-0.1, -0.05) is 61.7 Å². The zero-order valence-corrected chi connectivity index (χ0v) is 19.1. The Hall–Kier alpha value is -2.53. The molecular formula is C25H32ClN3O2. The number of nitrogens with one attached hydrogen (secondary N) is 1. The highest BCUT2D eigenvalue weighted by Crippen LogP contribution is 2.27. The van der Waals surface area contributed by atoms with Crippen LogP contribution < -0.4 is 10.2 Å². The Morgan fingerprint density at radius 2 is 1.65 bits per heavy atom. The molecule has 1 aliphatic rings. The van der Waals surface area contributed by atoms with Gasteiger partial charge in [-0.3, -0.25) is 9.59 Å². The number of halogens is 1. The first kappa shape index (κ1) is 23.1. The van der Waals surface area contributed by atoms with Crippen LogP contribution in [-0.2, 0) is 16.1 Å². The summed E-state index contributed by atoms with van der Waals surface area (Å²) in [6, 6.07) is 17.0. The highest BCUT2D eigenvalue weighted by atomic mass is 35.5. The lowest BCUT2D eigenvalue weighted by atomic mass is 9.94. The van der Waals surface area contributed by atoms with Crippen LogP contribution in [0.3, 0.4) is 0 Å². The van der Waals surface area contributed by atoms with Crippen LogP contribution in [0.4, 0.5) is 5.69 Å². The van der Waals surface area contributed by atoms with Gasteiger partial charge in [0.25, 0.3) is 0 Å². The predicted molar refractivity (Wildman–Crippen MR) is 126 cm³/mol. The first-order valence-corrected chi connectivity index (χ1v) is 11.5. The number of carbonyl (C=O) groups is 2. The molecular weight excluding hydrogens is 410 g/mol. The molecule has 0 radical (unpaired) electrons. The maximum atomic E-state index is 13.5. The average Bonchev–Trinajstić information content (AvgIpc) is 2.79. The van der Waals surface area contributed by atoms with Crippen molar-refractivity contribution >= 4 is 29.1 Å². The Morgan fingerprint density at radius 3 is 2.23 bits per heavy atom. The number of nitrogens with zero attached hydrogens (tertiary/aromatic N) is 2. The van der Waals surface area contributed by atoms with E-state index in [1.165, 1.54) is 6.42 Å². The topological polar surface area (TPSA) is 52.7 Å². The second kappa shape index (κ2) is 11.2. The van der Waals surface area contributed by atoms with Crippen molar-refractivity contribution in [3.05, 3.63) is 65.7 Å². The fourth-order valence-corrected chi connectivity index (χ4v) is 4.29. The normalized spacial score (nSPS) is 15.2. The van der Waals surface area contributed by atoms with Gasteiger partial charge in [0.2, 0.25) is 11.8 Å². The first-order chi connectivity index (χ1) is 15.0. The molecule has 0 bridgehead atoms. The first-order valence-electron chi connectivity index (χ1n) is 11.0. The van der Waals surface area contributed by atoms with Crippen molar-refractivity contribution in [3.8, 4) is 0 Å². The maximum Gasteiger partial charge on any atom is 0.247 e. The van der Waals surface area contributed by atoms with Gasteiger partial charge in [0.1, 0.15) is 11.9 Å². The van der Waals surface area contributed by atoms with E-state index in [4.69, 9.17) is 11.6 Å². The van der Waals surface area contributed by atoms with Crippen molar-refractivity contribution in [1.82, 2.24) is 10.2 Å². The summed E-state index contributed by atoms with van der Waals surface area (Å²) in [4.78, 5) is 30.0. The van der Waals surface area contributed by atoms with Crippen molar-refractivity contribution in [3.63, 3.8) is 0 Å². The Labute approximate surface area is 190 Å². The molecule has 1 N–H and O–H groups in total. The van der Waals surface area contributed by atoms with E-state index in [-0.39, 0.29) is 23.7 Å². The molecule has 2 aromatic carbocycles. The highest BCUT2D eigenvalue weighted by molar-refractivity contribution is 6.27. The maximum absolute atomic E-state index is 13.5. The summed E-state index contributed by atoms with van der Waals surface area (Å²) in [6.45, 7) is 0.324. The Balaban J connectivity index is 1.94. The van der Waals surface area contributed by atoms with Gasteiger partial charge in [-0.25, -0.2) is 0 Å². The molecule has 0 unspecified atom stereocenters. The number of anilines is 1. The van der Waals surface area contributed by atoms with Crippen LogP contribution in [0.15, 0.2) is 54.6 Å². The third-order valence-corrected chi connectivity index (χ3v) is 6.10. The summed E-state index contributed by atoms with van der Waals surface area (Å²) >= 11 is 5.98. The van der Waals surface area contributed by atoms with Gasteiger partial charge >= 0.3 is 0 Å². The zero-order valence-electron chi connectivity index (χ0n) is 18.4. The van der Waals surface area contributed by atoms with E-state index < -0.39 is 6.04 Å². The lowest BCUT2D eigenvalue weighted by molar-refractivity contribution is -0.140. The highest BCUT2D eigenvalue weighted by Gasteiger charge is 2.32. The summed E-state index contributed by atoms with van der Waals surface area (Å²) in [5, 5.41) is 3.21. The lowest BCUT2D eigenvalue weighted by Gasteiger charge is -2.33. The molecule has 5 nitrogen and oxygen atoms in total. The lowest BCUT2D eigenvalue weighted by Crippen LogP contribution is -2.47. The van der Waals surface area contributed by atoms with Crippen LogP contribution in [0, 0.1) is 0 Å². The van der Waals surface area contributed by atoms with E-state index in [1.807, 2.05) is 73.6 Å². The van der Waals surface area contributed by atoms with Gasteiger partial charge in [0, 0.05) is 32.4 Å². The van der Waals surface area contributed by atoms with E-state index in [0.717, 1.165) is 42.5 Å². The quantitative estimate of drug-likeness (QED) is 0.613. The second-order valence-corrected chi connectivity index (χ2v) is 8.64. The number of rotatable bonds is 8. The van der Waals surface area contributed by atoms with Crippen molar-refractivity contribution in [2.75, 3.05) is 24.9 Å². The summed E-state index contributed by atoms with van der Waals surface area (Å²) < 4.78 is 0. The minimum absolute atomic E-state index is 0.140. The fourth-order valence-electron chi connectivity index (χ4n) is 4.13. The third kappa shape index (κ3) is 6.23. The molecule has 0 saturated heterocycles.